The lowest BCUT2D eigenvalue weighted by Gasteiger charge is -2.32. The number of nitrogens with two attached hydrogens (primary N) is 1. The Morgan fingerprint density at radius 2 is 1.95 bits per heavy atom. The molecule has 0 aliphatic carbocycles. The van der Waals surface area contributed by atoms with Gasteiger partial charge in [-0.2, -0.15) is 0 Å². The molecule has 1 aromatic rings. The Bertz CT molecular complexity index is 407. The zero-order valence-electron chi connectivity index (χ0n) is 13.0. The van der Waals surface area contributed by atoms with Crippen LogP contribution in [0.25, 0.3) is 0 Å². The molecule has 1 saturated heterocycles. The average molecular weight is 292 g/mol. The second-order valence-corrected chi connectivity index (χ2v) is 6.25. The van der Waals surface area contributed by atoms with Crippen molar-refractivity contribution in [2.24, 2.45) is 11.7 Å². The number of hydrogen-bond donors (Lipinski definition) is 2. The number of benzene rings is 1. The van der Waals surface area contributed by atoms with Crippen LogP contribution in [0, 0.1) is 5.92 Å². The fourth-order valence-electron chi connectivity index (χ4n) is 2.94. The van der Waals surface area contributed by atoms with Crippen LogP contribution in [0.3, 0.4) is 0 Å². The predicted octanol–water partition coefficient (Wildman–Crippen LogP) is 1.58. The largest absolute Gasteiger partial charge is 0.394 e. The Hall–Kier alpha value is -0.940. The summed E-state index contributed by atoms with van der Waals surface area (Å²) in [5.74, 6) is 0.724. The lowest BCUT2D eigenvalue weighted by Crippen LogP contribution is -2.44. The van der Waals surface area contributed by atoms with Crippen LogP contribution >= 0.6 is 0 Å². The van der Waals surface area contributed by atoms with Gasteiger partial charge in [-0.15, -0.1) is 0 Å². The van der Waals surface area contributed by atoms with Crippen LogP contribution in [0.2, 0.25) is 0 Å². The number of nitrogens with zero attached hydrogens (tertiary/aromatic N) is 1. The lowest BCUT2D eigenvalue weighted by molar-refractivity contribution is 0.0542. The first kappa shape index (κ1) is 16.4. The molecule has 0 aromatic heterocycles. The highest BCUT2D eigenvalue weighted by Gasteiger charge is 2.27. The standard InChI is InChI=1S/C17H28N2O2/c1-19(13-15-7-11-21-12-8-15)10-9-17(18,14-20)16-5-3-2-4-6-16/h2-6,15,20H,7-14,18H2,1H3. The minimum Gasteiger partial charge on any atom is -0.394 e. The van der Waals surface area contributed by atoms with Crippen molar-refractivity contribution in [3.05, 3.63) is 35.9 Å². The SMILES string of the molecule is CN(CCC(N)(CO)c1ccccc1)CC1CCOCC1. The number of rotatable bonds is 7. The molecule has 0 spiro atoms. The first-order valence-corrected chi connectivity index (χ1v) is 7.85. The molecule has 0 amide bonds. The smallest absolute Gasteiger partial charge is 0.0656 e. The van der Waals surface area contributed by atoms with E-state index in [4.69, 9.17) is 10.5 Å². The van der Waals surface area contributed by atoms with Gasteiger partial charge < -0.3 is 20.5 Å². The normalized spacial score (nSPS) is 19.6. The van der Waals surface area contributed by atoms with Crippen molar-refractivity contribution in [2.75, 3.05) is 40.0 Å². The molecule has 0 saturated carbocycles. The molecule has 1 unspecified atom stereocenters. The van der Waals surface area contributed by atoms with Crippen LogP contribution < -0.4 is 5.73 Å². The molecule has 1 aliphatic heterocycles. The van der Waals surface area contributed by atoms with Crippen molar-refractivity contribution >= 4 is 0 Å². The Labute approximate surface area is 127 Å². The van der Waals surface area contributed by atoms with Gasteiger partial charge in [0, 0.05) is 26.3 Å². The molecule has 4 nitrogen and oxygen atoms in total. The van der Waals surface area contributed by atoms with E-state index in [1.165, 1.54) is 0 Å². The highest BCUT2D eigenvalue weighted by atomic mass is 16.5. The fraction of sp³-hybridized carbons (Fsp3) is 0.647. The van der Waals surface area contributed by atoms with Crippen LogP contribution in [0.15, 0.2) is 30.3 Å². The second-order valence-electron chi connectivity index (χ2n) is 6.25. The van der Waals surface area contributed by atoms with Crippen LogP contribution in [0.1, 0.15) is 24.8 Å². The zero-order valence-corrected chi connectivity index (χ0v) is 13.0. The molecular weight excluding hydrogens is 264 g/mol. The highest BCUT2D eigenvalue weighted by molar-refractivity contribution is 5.24. The molecule has 1 aliphatic rings. The lowest BCUT2D eigenvalue weighted by atomic mass is 9.88. The van der Waals surface area contributed by atoms with Crippen LogP contribution in [0.4, 0.5) is 0 Å². The minimum absolute atomic E-state index is 0.0257. The summed E-state index contributed by atoms with van der Waals surface area (Å²) >= 11 is 0. The monoisotopic (exact) mass is 292 g/mol. The van der Waals surface area contributed by atoms with E-state index in [1.807, 2.05) is 30.3 Å². The van der Waals surface area contributed by atoms with Gasteiger partial charge in [0.2, 0.25) is 0 Å². The summed E-state index contributed by atoms with van der Waals surface area (Å²) in [4.78, 5) is 2.33. The topological polar surface area (TPSA) is 58.7 Å². The summed E-state index contributed by atoms with van der Waals surface area (Å²) in [6.45, 7) is 3.73. The molecular formula is C17H28N2O2. The van der Waals surface area contributed by atoms with Gasteiger partial charge in [-0.05, 0) is 37.8 Å². The second kappa shape index (κ2) is 7.90. The van der Waals surface area contributed by atoms with Gasteiger partial charge in [0.25, 0.3) is 0 Å². The maximum atomic E-state index is 9.71. The zero-order chi connectivity index (χ0) is 15.1. The molecule has 3 N–H and O–H groups in total. The molecule has 1 heterocycles. The summed E-state index contributed by atoms with van der Waals surface area (Å²) in [6.07, 6.45) is 3.06. The maximum absolute atomic E-state index is 9.71. The Kier molecular flexibility index (Phi) is 6.18. The summed E-state index contributed by atoms with van der Waals surface area (Å²) in [5, 5.41) is 9.71. The van der Waals surface area contributed by atoms with Crippen molar-refractivity contribution in [2.45, 2.75) is 24.8 Å². The molecule has 4 heteroatoms. The van der Waals surface area contributed by atoms with Crippen molar-refractivity contribution in [3.8, 4) is 0 Å². The van der Waals surface area contributed by atoms with Crippen molar-refractivity contribution < 1.29 is 9.84 Å². The third-order valence-corrected chi connectivity index (χ3v) is 4.48. The van der Waals surface area contributed by atoms with Gasteiger partial charge in [-0.3, -0.25) is 0 Å². The molecule has 118 valence electrons. The Balaban J connectivity index is 1.84. The van der Waals surface area contributed by atoms with Crippen molar-refractivity contribution in [1.82, 2.24) is 4.90 Å². The molecule has 1 fully saturated rings. The van der Waals surface area contributed by atoms with Gasteiger partial charge in [0.05, 0.1) is 12.1 Å². The van der Waals surface area contributed by atoms with E-state index in [-0.39, 0.29) is 6.61 Å². The Morgan fingerprint density at radius 1 is 1.29 bits per heavy atom. The van der Waals surface area contributed by atoms with E-state index in [0.717, 1.165) is 57.0 Å². The molecule has 2 rings (SSSR count). The molecule has 0 bridgehead atoms. The van der Waals surface area contributed by atoms with Gasteiger partial charge in [0.15, 0.2) is 0 Å². The first-order chi connectivity index (χ1) is 10.1. The highest BCUT2D eigenvalue weighted by Crippen LogP contribution is 2.22. The first-order valence-electron chi connectivity index (χ1n) is 7.85. The van der Waals surface area contributed by atoms with E-state index in [1.54, 1.807) is 0 Å². The van der Waals surface area contributed by atoms with Crippen LogP contribution in [-0.2, 0) is 10.3 Å². The van der Waals surface area contributed by atoms with E-state index in [2.05, 4.69) is 11.9 Å². The summed E-state index contributed by atoms with van der Waals surface area (Å²) in [5.41, 5.74) is 6.76. The fourth-order valence-corrected chi connectivity index (χ4v) is 2.94. The Morgan fingerprint density at radius 3 is 2.57 bits per heavy atom. The molecule has 1 aromatic carbocycles. The van der Waals surface area contributed by atoms with E-state index in [0.29, 0.717) is 0 Å². The van der Waals surface area contributed by atoms with Crippen molar-refractivity contribution in [1.29, 1.82) is 0 Å². The minimum atomic E-state index is -0.648. The number of aliphatic hydroxyl groups excluding tert-OH is 1. The number of hydrogen-bond acceptors (Lipinski definition) is 4. The summed E-state index contributed by atoms with van der Waals surface area (Å²) in [6, 6.07) is 9.90. The van der Waals surface area contributed by atoms with E-state index in [9.17, 15) is 5.11 Å². The van der Waals surface area contributed by atoms with Gasteiger partial charge in [-0.1, -0.05) is 30.3 Å². The van der Waals surface area contributed by atoms with Gasteiger partial charge >= 0.3 is 0 Å². The van der Waals surface area contributed by atoms with Crippen LogP contribution in [0.5, 0.6) is 0 Å². The predicted molar refractivity (Wildman–Crippen MR) is 85.1 cm³/mol. The van der Waals surface area contributed by atoms with Crippen LogP contribution in [-0.4, -0.2) is 50.0 Å². The third-order valence-electron chi connectivity index (χ3n) is 4.48. The molecule has 1 atom stereocenters. The number of ether oxygens (including phenoxy) is 1. The van der Waals surface area contributed by atoms with Crippen molar-refractivity contribution in [3.63, 3.8) is 0 Å². The van der Waals surface area contributed by atoms with E-state index >= 15 is 0 Å². The third kappa shape index (κ3) is 4.78. The van der Waals surface area contributed by atoms with Gasteiger partial charge in [0.1, 0.15) is 0 Å². The molecule has 21 heavy (non-hydrogen) atoms. The molecule has 0 radical (unpaired) electrons. The van der Waals surface area contributed by atoms with E-state index < -0.39 is 5.54 Å². The van der Waals surface area contributed by atoms with Gasteiger partial charge in [-0.25, -0.2) is 0 Å². The summed E-state index contributed by atoms with van der Waals surface area (Å²) in [7, 11) is 2.14. The average Bonchev–Trinajstić information content (AvgIpc) is 2.54. The number of aliphatic hydroxyl groups is 1. The summed E-state index contributed by atoms with van der Waals surface area (Å²) < 4.78 is 5.40. The maximum Gasteiger partial charge on any atom is 0.0656 e. The quantitative estimate of drug-likeness (QED) is 0.801.